The number of aliphatic hydroxyl groups is 3. The zero-order valence-electron chi connectivity index (χ0n) is 27.7. The van der Waals surface area contributed by atoms with Gasteiger partial charge < -0.3 is 20.4 Å². The zero-order chi connectivity index (χ0) is 32.8. The summed E-state index contributed by atoms with van der Waals surface area (Å²) in [6, 6.07) is 2.02. The lowest BCUT2D eigenvalue weighted by atomic mass is 9.43. The number of phenolic OH excluding ortho intramolecular Hbond substituents is 1. The van der Waals surface area contributed by atoms with Crippen LogP contribution in [0.3, 0.4) is 0 Å². The molecule has 0 radical (unpaired) electrons. The number of benzene rings is 1. The minimum Gasteiger partial charge on any atom is -0.508 e. The minimum atomic E-state index is -2.60. The van der Waals surface area contributed by atoms with Crippen LogP contribution in [0.4, 0.5) is 0 Å². The summed E-state index contributed by atoms with van der Waals surface area (Å²) in [7, 11) is 0. The fourth-order valence-electron chi connectivity index (χ4n) is 9.03. The number of fused-ring (bicyclic) bond motifs is 3. The monoisotopic (exact) mass is 594 g/mol. The van der Waals surface area contributed by atoms with Gasteiger partial charge in [0.25, 0.3) is 0 Å². The largest absolute Gasteiger partial charge is 0.508 e. The Kier molecular flexibility index (Phi) is 7.91. The molecule has 0 aromatic heterocycles. The van der Waals surface area contributed by atoms with E-state index in [0.717, 1.165) is 24.5 Å². The fraction of sp³-hybridized carbons (Fsp3) is 0.639. The van der Waals surface area contributed by atoms with Gasteiger partial charge in [0.2, 0.25) is 5.78 Å². The summed E-state index contributed by atoms with van der Waals surface area (Å²) in [5, 5.41) is 47.3. The Bertz CT molecular complexity index is 1470. The molecule has 1 aromatic rings. The second-order valence-electron chi connectivity index (χ2n) is 16.0. The summed E-state index contributed by atoms with van der Waals surface area (Å²) in [5.74, 6) is -4.67. The van der Waals surface area contributed by atoms with Crippen molar-refractivity contribution in [2.75, 3.05) is 0 Å². The van der Waals surface area contributed by atoms with E-state index in [1.54, 1.807) is 20.8 Å². The van der Waals surface area contributed by atoms with Crippen molar-refractivity contribution in [3.05, 3.63) is 45.2 Å². The lowest BCUT2D eigenvalue weighted by Gasteiger charge is -2.60. The molecule has 7 nitrogen and oxygen atoms in total. The quantitative estimate of drug-likeness (QED) is 0.263. The molecule has 236 valence electrons. The van der Waals surface area contributed by atoms with Crippen LogP contribution >= 0.6 is 0 Å². The molecular formula is C36H50O7. The Balaban J connectivity index is 2.02. The molecule has 1 aromatic carbocycles. The van der Waals surface area contributed by atoms with Gasteiger partial charge in [-0.25, -0.2) is 0 Å². The third-order valence-electron chi connectivity index (χ3n) is 10.3. The number of aliphatic hydroxyl groups excluding tert-OH is 2. The van der Waals surface area contributed by atoms with Crippen molar-refractivity contribution in [1.29, 1.82) is 0 Å². The predicted octanol–water partition coefficient (Wildman–Crippen LogP) is 6.93. The Labute approximate surface area is 256 Å². The summed E-state index contributed by atoms with van der Waals surface area (Å²) in [4.78, 5) is 40.9. The predicted molar refractivity (Wildman–Crippen MR) is 167 cm³/mol. The van der Waals surface area contributed by atoms with Crippen LogP contribution in [-0.2, 0) is 27.2 Å². The first-order valence-electron chi connectivity index (χ1n) is 15.6. The van der Waals surface area contributed by atoms with Gasteiger partial charge in [0, 0.05) is 22.3 Å². The number of hydrogen-bond acceptors (Lipinski definition) is 7. The molecule has 5 atom stereocenters. The molecule has 0 bridgehead atoms. The van der Waals surface area contributed by atoms with Crippen molar-refractivity contribution in [1.82, 2.24) is 0 Å². The Morgan fingerprint density at radius 2 is 1.63 bits per heavy atom. The molecule has 3 aliphatic carbocycles. The topological polar surface area (TPSA) is 132 Å². The van der Waals surface area contributed by atoms with Crippen LogP contribution in [0.5, 0.6) is 5.75 Å². The Morgan fingerprint density at radius 3 is 2.12 bits per heavy atom. The van der Waals surface area contributed by atoms with E-state index in [4.69, 9.17) is 0 Å². The molecule has 0 spiro atoms. The first kappa shape index (κ1) is 33.0. The number of rotatable bonds is 6. The van der Waals surface area contributed by atoms with E-state index >= 15 is 0 Å². The number of Topliss-reactive ketones (excluding diaryl/α,β-unsaturated/α-hetero) is 3. The van der Waals surface area contributed by atoms with E-state index in [0.29, 0.717) is 18.4 Å². The Morgan fingerprint density at radius 1 is 1.05 bits per heavy atom. The number of hydrogen-bond donors (Lipinski definition) is 4. The molecule has 4 rings (SSSR count). The highest BCUT2D eigenvalue weighted by Gasteiger charge is 2.72. The maximum Gasteiger partial charge on any atom is 0.203 e. The average Bonchev–Trinajstić information content (AvgIpc) is 2.81. The fourth-order valence-corrected chi connectivity index (χ4v) is 9.03. The molecule has 4 N–H and O–H groups in total. The van der Waals surface area contributed by atoms with Crippen LogP contribution in [0.1, 0.15) is 117 Å². The van der Waals surface area contributed by atoms with Gasteiger partial charge in [0.15, 0.2) is 17.2 Å². The summed E-state index contributed by atoms with van der Waals surface area (Å²) >= 11 is 0. The van der Waals surface area contributed by atoms with E-state index in [1.165, 1.54) is 0 Å². The number of phenols is 1. The molecule has 0 heterocycles. The smallest absolute Gasteiger partial charge is 0.203 e. The highest BCUT2D eigenvalue weighted by molar-refractivity contribution is 6.24. The van der Waals surface area contributed by atoms with Crippen molar-refractivity contribution in [3.63, 3.8) is 0 Å². The molecule has 0 saturated heterocycles. The average molecular weight is 595 g/mol. The summed E-state index contributed by atoms with van der Waals surface area (Å²) < 4.78 is 0. The third-order valence-corrected chi connectivity index (χ3v) is 10.3. The molecule has 0 amide bonds. The van der Waals surface area contributed by atoms with Crippen LogP contribution < -0.4 is 0 Å². The maximum absolute atomic E-state index is 14.6. The van der Waals surface area contributed by atoms with Gasteiger partial charge in [-0.15, -0.1) is 0 Å². The molecule has 3 aliphatic rings. The first-order valence-corrected chi connectivity index (χ1v) is 15.6. The molecule has 2 unspecified atom stereocenters. The van der Waals surface area contributed by atoms with Gasteiger partial charge in [-0.05, 0) is 72.5 Å². The van der Waals surface area contributed by atoms with Crippen molar-refractivity contribution in [3.8, 4) is 5.75 Å². The van der Waals surface area contributed by atoms with Crippen molar-refractivity contribution in [2.45, 2.75) is 113 Å². The van der Waals surface area contributed by atoms with Gasteiger partial charge >= 0.3 is 0 Å². The van der Waals surface area contributed by atoms with Crippen molar-refractivity contribution >= 4 is 23.1 Å². The number of carbonyl (C=O) groups is 3. The number of aromatic hydroxyl groups is 1. The maximum atomic E-state index is 14.6. The molecule has 1 fully saturated rings. The first-order chi connectivity index (χ1) is 19.5. The van der Waals surface area contributed by atoms with Gasteiger partial charge in [0.05, 0.1) is 5.56 Å². The van der Waals surface area contributed by atoms with Crippen LogP contribution in [0.15, 0.2) is 23.0 Å². The van der Waals surface area contributed by atoms with Gasteiger partial charge in [0.1, 0.15) is 22.8 Å². The number of allylic oxidation sites excluding steroid dienone is 1. The molecular weight excluding hydrogens is 544 g/mol. The summed E-state index contributed by atoms with van der Waals surface area (Å²) in [6.07, 6.45) is 1.89. The molecule has 7 heteroatoms. The van der Waals surface area contributed by atoms with Gasteiger partial charge in [-0.3, -0.25) is 14.4 Å². The van der Waals surface area contributed by atoms with Gasteiger partial charge in [-0.1, -0.05) is 75.3 Å². The van der Waals surface area contributed by atoms with E-state index in [2.05, 4.69) is 41.5 Å². The minimum absolute atomic E-state index is 0.0561. The zero-order valence-corrected chi connectivity index (χ0v) is 27.7. The normalized spacial score (nSPS) is 30.0. The van der Waals surface area contributed by atoms with Crippen LogP contribution in [0.2, 0.25) is 0 Å². The van der Waals surface area contributed by atoms with Gasteiger partial charge in [-0.2, -0.15) is 0 Å². The van der Waals surface area contributed by atoms with Crippen molar-refractivity contribution < 1.29 is 34.8 Å². The SMILES string of the molecule is CC(=O)C1=C(O)[C@]2(O)C(=O)C3=C(O)c4c(O)c(CC(C)CC(C)(C)C)cc(C(C)C)c4C[C@]3(C)C[C@]2(C)C(C(C)C)C1=O. The van der Waals surface area contributed by atoms with E-state index in [1.807, 2.05) is 13.0 Å². The lowest BCUT2D eigenvalue weighted by Crippen LogP contribution is -2.69. The molecule has 1 saturated carbocycles. The number of carbonyl (C=O) groups excluding carboxylic acids is 3. The second-order valence-corrected chi connectivity index (χ2v) is 16.0. The standard InChI is InChI=1S/C36H50O7/c1-17(2)22-13-21(12-19(5)14-33(7,8)9)28(38)25-23(22)15-34(10)16-35(11)26(18(3)4)29(39)24(20(6)37)31(41)36(35,43)32(42)27(34)30(25)40/h13,17-19,26,38,40-41,43H,12,14-16H2,1-11H3/t19?,26?,34-,35-,36+/m1/s1. The summed E-state index contributed by atoms with van der Waals surface area (Å²) in [5.41, 5.74) is -3.04. The Hall–Kier alpha value is -2.93. The highest BCUT2D eigenvalue weighted by atomic mass is 16.3. The summed E-state index contributed by atoms with van der Waals surface area (Å²) in [6.45, 7) is 21.0. The van der Waals surface area contributed by atoms with Crippen LogP contribution in [0.25, 0.3) is 5.76 Å². The second kappa shape index (κ2) is 10.3. The molecule has 0 aliphatic heterocycles. The van der Waals surface area contributed by atoms with Crippen LogP contribution in [-0.4, -0.2) is 43.4 Å². The third kappa shape index (κ3) is 4.77. The van der Waals surface area contributed by atoms with Crippen LogP contribution in [0, 0.1) is 34.0 Å². The van der Waals surface area contributed by atoms with E-state index < -0.39 is 56.8 Å². The van der Waals surface area contributed by atoms with E-state index in [-0.39, 0.29) is 46.5 Å². The van der Waals surface area contributed by atoms with Crippen molar-refractivity contribution in [2.24, 2.45) is 34.0 Å². The lowest BCUT2D eigenvalue weighted by molar-refractivity contribution is -0.178. The van der Waals surface area contributed by atoms with E-state index in [9.17, 15) is 34.8 Å². The molecule has 43 heavy (non-hydrogen) atoms. The number of ketones is 3. The highest BCUT2D eigenvalue weighted by Crippen LogP contribution is 2.65.